The summed E-state index contributed by atoms with van der Waals surface area (Å²) in [6.07, 6.45) is 1.94. The molecule has 1 aliphatic carbocycles. The number of fused-ring (bicyclic) bond motifs is 1. The average Bonchev–Trinajstić information content (AvgIpc) is 3.00. The Hall–Kier alpha value is -3.77. The van der Waals surface area contributed by atoms with Crippen LogP contribution in [0.5, 0.6) is 5.75 Å². The second-order valence-electron chi connectivity index (χ2n) is 8.26. The summed E-state index contributed by atoms with van der Waals surface area (Å²) in [7, 11) is 1.60. The van der Waals surface area contributed by atoms with Crippen molar-refractivity contribution >= 4 is 40.5 Å². The van der Waals surface area contributed by atoms with Crippen LogP contribution in [-0.4, -0.2) is 18.9 Å². The number of Topliss-reactive ketones (excluding diaryl/α,β-unsaturated/α-hetero) is 1. The van der Waals surface area contributed by atoms with E-state index in [1.807, 2.05) is 48.5 Å². The third kappa shape index (κ3) is 4.01. The van der Waals surface area contributed by atoms with Gasteiger partial charge in [0.1, 0.15) is 5.75 Å². The molecule has 0 fully saturated rings. The molecular formula is C27H24ClN3O3. The van der Waals surface area contributed by atoms with Gasteiger partial charge in [-0.15, -0.1) is 0 Å². The number of hydrogen-bond donors (Lipinski definition) is 2. The molecule has 3 aromatic carbocycles. The number of urea groups is 1. The zero-order valence-electron chi connectivity index (χ0n) is 18.7. The summed E-state index contributed by atoms with van der Waals surface area (Å²) in [6, 6.07) is 21.0. The van der Waals surface area contributed by atoms with E-state index in [-0.39, 0.29) is 11.8 Å². The number of nitrogens with zero attached hydrogens (tertiary/aromatic N) is 1. The van der Waals surface area contributed by atoms with E-state index in [1.54, 1.807) is 36.3 Å². The number of allylic oxidation sites excluding steroid dienone is 1. The first kappa shape index (κ1) is 22.0. The number of amides is 2. The number of nitrogens with one attached hydrogen (secondary N) is 2. The van der Waals surface area contributed by atoms with Crippen LogP contribution in [0.4, 0.5) is 21.9 Å². The Morgan fingerprint density at radius 3 is 2.56 bits per heavy atom. The summed E-state index contributed by atoms with van der Waals surface area (Å²) in [5.41, 5.74) is 4.24. The highest BCUT2D eigenvalue weighted by Gasteiger charge is 2.40. The molecule has 6 nitrogen and oxygen atoms in total. The molecule has 0 unspecified atom stereocenters. The maximum atomic E-state index is 13.9. The van der Waals surface area contributed by atoms with Crippen LogP contribution in [0.3, 0.4) is 0 Å². The Kier molecular flexibility index (Phi) is 5.99. The van der Waals surface area contributed by atoms with Gasteiger partial charge in [-0.2, -0.15) is 0 Å². The summed E-state index contributed by atoms with van der Waals surface area (Å²) in [5, 5.41) is 7.03. The van der Waals surface area contributed by atoms with Gasteiger partial charge >= 0.3 is 6.03 Å². The molecule has 0 radical (unpaired) electrons. The van der Waals surface area contributed by atoms with E-state index in [0.717, 1.165) is 29.8 Å². The van der Waals surface area contributed by atoms with E-state index in [9.17, 15) is 9.59 Å². The fraction of sp³-hybridized carbons (Fsp3) is 0.185. The number of halogens is 1. The lowest BCUT2D eigenvalue weighted by atomic mass is 9.85. The third-order valence-electron chi connectivity index (χ3n) is 6.18. The van der Waals surface area contributed by atoms with E-state index >= 15 is 0 Å². The van der Waals surface area contributed by atoms with Crippen molar-refractivity contribution in [1.29, 1.82) is 0 Å². The first-order chi connectivity index (χ1) is 16.6. The van der Waals surface area contributed by atoms with Crippen molar-refractivity contribution in [2.75, 3.05) is 22.6 Å². The van der Waals surface area contributed by atoms with E-state index < -0.39 is 6.04 Å². The minimum absolute atomic E-state index is 0.0294. The van der Waals surface area contributed by atoms with E-state index in [0.29, 0.717) is 34.1 Å². The predicted molar refractivity (Wildman–Crippen MR) is 135 cm³/mol. The highest BCUT2D eigenvalue weighted by molar-refractivity contribution is 6.30. The van der Waals surface area contributed by atoms with Gasteiger partial charge in [0.05, 0.1) is 24.5 Å². The van der Waals surface area contributed by atoms with Crippen LogP contribution in [0.25, 0.3) is 0 Å². The summed E-state index contributed by atoms with van der Waals surface area (Å²) < 4.78 is 5.67. The van der Waals surface area contributed by atoms with Crippen LogP contribution in [0, 0.1) is 0 Å². The number of para-hydroxylation sites is 3. The van der Waals surface area contributed by atoms with Crippen molar-refractivity contribution in [1.82, 2.24) is 0 Å². The van der Waals surface area contributed by atoms with Gasteiger partial charge in [-0.25, -0.2) is 4.79 Å². The van der Waals surface area contributed by atoms with E-state index in [1.165, 1.54) is 0 Å². The highest BCUT2D eigenvalue weighted by atomic mass is 35.5. The molecule has 5 rings (SSSR count). The van der Waals surface area contributed by atoms with Gasteiger partial charge in [0, 0.05) is 34.0 Å². The predicted octanol–water partition coefficient (Wildman–Crippen LogP) is 6.56. The lowest BCUT2D eigenvalue weighted by Crippen LogP contribution is -2.40. The van der Waals surface area contributed by atoms with Crippen LogP contribution >= 0.6 is 11.6 Å². The fourth-order valence-electron chi connectivity index (χ4n) is 4.66. The number of ketones is 1. The SMILES string of the molecule is COc1ccccc1[C@@H]1C2=C(CCCC2=O)Nc2ccccc2N1C(=O)Nc1ccc(Cl)cc1. The van der Waals surface area contributed by atoms with Crippen LogP contribution in [-0.2, 0) is 4.79 Å². The van der Waals surface area contributed by atoms with E-state index in [2.05, 4.69) is 10.6 Å². The molecule has 2 N–H and O–H groups in total. The summed E-state index contributed by atoms with van der Waals surface area (Å²) in [5.74, 6) is 0.642. The van der Waals surface area contributed by atoms with Crippen molar-refractivity contribution in [3.05, 3.63) is 94.7 Å². The maximum absolute atomic E-state index is 13.9. The molecule has 7 heteroatoms. The van der Waals surface area contributed by atoms with Crippen LogP contribution < -0.4 is 20.3 Å². The molecular weight excluding hydrogens is 450 g/mol. The second kappa shape index (κ2) is 9.23. The van der Waals surface area contributed by atoms with Crippen molar-refractivity contribution in [2.24, 2.45) is 0 Å². The fourth-order valence-corrected chi connectivity index (χ4v) is 4.79. The molecule has 1 aliphatic heterocycles. The normalized spacial score (nSPS) is 17.3. The van der Waals surface area contributed by atoms with Gasteiger partial charge in [-0.1, -0.05) is 41.9 Å². The number of hydrogen-bond acceptors (Lipinski definition) is 4. The zero-order valence-corrected chi connectivity index (χ0v) is 19.4. The van der Waals surface area contributed by atoms with Crippen LogP contribution in [0.1, 0.15) is 30.9 Å². The molecule has 172 valence electrons. The Morgan fingerprint density at radius 1 is 1.03 bits per heavy atom. The molecule has 2 amide bonds. The monoisotopic (exact) mass is 473 g/mol. The van der Waals surface area contributed by atoms with Gasteiger partial charge in [-0.05, 0) is 55.3 Å². The molecule has 0 saturated carbocycles. The number of benzene rings is 3. The first-order valence-corrected chi connectivity index (χ1v) is 11.6. The number of methoxy groups -OCH3 is 1. The van der Waals surface area contributed by atoms with Crippen molar-refractivity contribution in [2.45, 2.75) is 25.3 Å². The van der Waals surface area contributed by atoms with Gasteiger partial charge in [0.2, 0.25) is 0 Å². The topological polar surface area (TPSA) is 70.7 Å². The van der Waals surface area contributed by atoms with Crippen molar-refractivity contribution in [3.8, 4) is 5.75 Å². The first-order valence-electron chi connectivity index (χ1n) is 11.2. The van der Waals surface area contributed by atoms with Gasteiger partial charge < -0.3 is 15.4 Å². The summed E-state index contributed by atoms with van der Waals surface area (Å²) >= 11 is 6.03. The smallest absolute Gasteiger partial charge is 0.327 e. The van der Waals surface area contributed by atoms with Gasteiger partial charge in [0.15, 0.2) is 5.78 Å². The lowest BCUT2D eigenvalue weighted by molar-refractivity contribution is -0.116. The van der Waals surface area contributed by atoms with Crippen molar-refractivity contribution in [3.63, 3.8) is 0 Å². The number of anilines is 3. The molecule has 2 aliphatic rings. The third-order valence-corrected chi connectivity index (χ3v) is 6.44. The maximum Gasteiger partial charge on any atom is 0.327 e. The second-order valence-corrected chi connectivity index (χ2v) is 8.70. The summed E-state index contributed by atoms with van der Waals surface area (Å²) in [6.45, 7) is 0. The molecule has 34 heavy (non-hydrogen) atoms. The van der Waals surface area contributed by atoms with Crippen LogP contribution in [0.2, 0.25) is 5.02 Å². The minimum atomic E-state index is -0.664. The Morgan fingerprint density at radius 2 is 1.76 bits per heavy atom. The minimum Gasteiger partial charge on any atom is -0.496 e. The highest BCUT2D eigenvalue weighted by Crippen LogP contribution is 2.46. The molecule has 0 spiro atoms. The van der Waals surface area contributed by atoms with Crippen LogP contribution in [0.15, 0.2) is 84.1 Å². The van der Waals surface area contributed by atoms with Gasteiger partial charge in [-0.3, -0.25) is 9.69 Å². The van der Waals surface area contributed by atoms with E-state index in [4.69, 9.17) is 16.3 Å². The molecule has 3 aromatic rings. The zero-order chi connectivity index (χ0) is 23.7. The van der Waals surface area contributed by atoms with Gasteiger partial charge in [0.25, 0.3) is 0 Å². The standard InChI is InChI=1S/C27H24ClN3O3/c1-34-24-12-5-2-7-19(24)26-25-21(9-6-11-23(25)32)30-20-8-3-4-10-22(20)31(26)27(33)29-18-15-13-17(28)14-16-18/h2-5,7-8,10,12-16,26,30H,6,9,11H2,1H3,(H,29,33)/t26-/m1/s1. The quantitative estimate of drug-likeness (QED) is 0.452. The lowest BCUT2D eigenvalue weighted by Gasteiger charge is -2.34. The number of carbonyl (C=O) groups is 2. The summed E-state index contributed by atoms with van der Waals surface area (Å²) in [4.78, 5) is 28.9. The Labute approximate surface area is 203 Å². The number of rotatable bonds is 3. The Bertz CT molecular complexity index is 1290. The Balaban J connectivity index is 1.72. The number of ether oxygens (including phenoxy) is 1. The molecule has 1 heterocycles. The number of carbonyl (C=O) groups excluding carboxylic acids is 2. The largest absolute Gasteiger partial charge is 0.496 e. The molecule has 0 saturated heterocycles. The average molecular weight is 474 g/mol. The molecule has 0 bridgehead atoms. The molecule has 0 aromatic heterocycles. The van der Waals surface area contributed by atoms with Crippen molar-refractivity contribution < 1.29 is 14.3 Å². The molecule has 1 atom stereocenters.